The van der Waals surface area contributed by atoms with Gasteiger partial charge in [-0.25, -0.2) is 9.50 Å². The van der Waals surface area contributed by atoms with E-state index in [2.05, 4.69) is 20.1 Å². The molecule has 1 amide bonds. The Bertz CT molecular complexity index is 1160. The molecule has 30 heavy (non-hydrogen) atoms. The quantitative estimate of drug-likeness (QED) is 0.511. The van der Waals surface area contributed by atoms with E-state index in [0.717, 1.165) is 16.8 Å². The van der Waals surface area contributed by atoms with E-state index in [1.165, 1.54) is 18.3 Å². The summed E-state index contributed by atoms with van der Waals surface area (Å²) in [4.78, 5) is 17.2. The number of aromatic nitrogens is 3. The molecule has 2 heterocycles. The lowest BCUT2D eigenvalue weighted by Gasteiger charge is -2.14. The summed E-state index contributed by atoms with van der Waals surface area (Å²) in [5.41, 5.74) is 3.32. The number of ether oxygens (including phenoxy) is 1. The summed E-state index contributed by atoms with van der Waals surface area (Å²) in [7, 11) is 0. The van der Waals surface area contributed by atoms with Crippen molar-refractivity contribution in [3.8, 4) is 17.0 Å². The Morgan fingerprint density at radius 1 is 1.07 bits per heavy atom. The maximum atomic E-state index is 12.8. The third kappa shape index (κ3) is 3.98. The standard InChI is InChI=1S/C22H18F2N4O2/c1-14(15-7-9-17(10-8-15)30-22(23)24)27-21(29)18-13-26-28-19(11-12-25-20(18)28)16-5-3-2-4-6-16/h2-14,22H,1H3,(H,27,29). The number of benzene rings is 2. The Morgan fingerprint density at radius 3 is 2.50 bits per heavy atom. The van der Waals surface area contributed by atoms with Gasteiger partial charge in [0.25, 0.3) is 5.91 Å². The highest BCUT2D eigenvalue weighted by Crippen LogP contribution is 2.22. The van der Waals surface area contributed by atoms with E-state index >= 15 is 0 Å². The molecule has 0 aliphatic rings. The fraction of sp³-hybridized carbons (Fsp3) is 0.136. The molecule has 2 aromatic carbocycles. The molecule has 0 aliphatic carbocycles. The van der Waals surface area contributed by atoms with Crippen molar-refractivity contribution in [1.29, 1.82) is 0 Å². The third-order valence-corrected chi connectivity index (χ3v) is 4.67. The molecule has 152 valence electrons. The number of nitrogens with one attached hydrogen (secondary N) is 1. The van der Waals surface area contributed by atoms with Crippen LogP contribution in [0.25, 0.3) is 16.9 Å². The number of hydrogen-bond acceptors (Lipinski definition) is 4. The zero-order chi connectivity index (χ0) is 21.1. The minimum absolute atomic E-state index is 0.0625. The number of amides is 1. The third-order valence-electron chi connectivity index (χ3n) is 4.67. The van der Waals surface area contributed by atoms with Crippen LogP contribution in [0.15, 0.2) is 73.1 Å². The fourth-order valence-electron chi connectivity index (χ4n) is 3.17. The van der Waals surface area contributed by atoms with Crippen molar-refractivity contribution >= 4 is 11.6 Å². The molecule has 0 bridgehead atoms. The van der Waals surface area contributed by atoms with E-state index in [1.54, 1.807) is 29.8 Å². The summed E-state index contributed by atoms with van der Waals surface area (Å²) >= 11 is 0. The Hall–Kier alpha value is -3.81. The number of carbonyl (C=O) groups excluding carboxylic acids is 1. The van der Waals surface area contributed by atoms with Gasteiger partial charge >= 0.3 is 6.61 Å². The number of hydrogen-bond donors (Lipinski definition) is 1. The first-order valence-corrected chi connectivity index (χ1v) is 9.27. The summed E-state index contributed by atoms with van der Waals surface area (Å²) in [6.07, 6.45) is 3.12. The van der Waals surface area contributed by atoms with Gasteiger partial charge in [0.05, 0.1) is 17.9 Å². The fourth-order valence-corrected chi connectivity index (χ4v) is 3.17. The Balaban J connectivity index is 1.55. The van der Waals surface area contributed by atoms with Crippen molar-refractivity contribution in [2.75, 3.05) is 0 Å². The van der Waals surface area contributed by atoms with Crippen molar-refractivity contribution in [3.63, 3.8) is 0 Å². The van der Waals surface area contributed by atoms with Crippen LogP contribution in [0.4, 0.5) is 8.78 Å². The SMILES string of the molecule is CC(NC(=O)c1cnn2c(-c3ccccc3)ccnc12)c1ccc(OC(F)F)cc1. The zero-order valence-electron chi connectivity index (χ0n) is 16.0. The number of alkyl halides is 2. The summed E-state index contributed by atoms with van der Waals surface area (Å²) in [6, 6.07) is 17.3. The maximum absolute atomic E-state index is 12.8. The van der Waals surface area contributed by atoms with Crippen molar-refractivity contribution in [2.24, 2.45) is 0 Å². The molecule has 0 saturated heterocycles. The molecule has 6 nitrogen and oxygen atoms in total. The molecule has 8 heteroatoms. The Kier molecular flexibility index (Phi) is 5.38. The number of nitrogens with zero attached hydrogens (tertiary/aromatic N) is 3. The maximum Gasteiger partial charge on any atom is 0.387 e. The van der Waals surface area contributed by atoms with Crippen LogP contribution >= 0.6 is 0 Å². The minimum Gasteiger partial charge on any atom is -0.435 e. The largest absolute Gasteiger partial charge is 0.435 e. The molecule has 1 N–H and O–H groups in total. The van der Waals surface area contributed by atoms with Gasteiger partial charge in [0.2, 0.25) is 0 Å². The van der Waals surface area contributed by atoms with Gasteiger partial charge in [0, 0.05) is 11.8 Å². The molecule has 1 unspecified atom stereocenters. The molecule has 0 radical (unpaired) electrons. The lowest BCUT2D eigenvalue weighted by molar-refractivity contribution is -0.0498. The molecule has 4 rings (SSSR count). The summed E-state index contributed by atoms with van der Waals surface area (Å²) in [5.74, 6) is -0.268. The molecular weight excluding hydrogens is 390 g/mol. The van der Waals surface area contributed by atoms with Crippen LogP contribution in [0.2, 0.25) is 0 Å². The van der Waals surface area contributed by atoms with E-state index in [1.807, 2.05) is 36.4 Å². The smallest absolute Gasteiger partial charge is 0.387 e. The van der Waals surface area contributed by atoms with Crippen LogP contribution in [0, 0.1) is 0 Å². The van der Waals surface area contributed by atoms with E-state index in [-0.39, 0.29) is 17.7 Å². The zero-order valence-corrected chi connectivity index (χ0v) is 16.0. The Morgan fingerprint density at radius 2 is 1.80 bits per heavy atom. The van der Waals surface area contributed by atoms with Gasteiger partial charge < -0.3 is 10.1 Å². The Labute approximate surface area is 171 Å². The van der Waals surface area contributed by atoms with Gasteiger partial charge in [0.1, 0.15) is 11.3 Å². The number of rotatable bonds is 6. The van der Waals surface area contributed by atoms with Gasteiger partial charge in [-0.3, -0.25) is 4.79 Å². The molecule has 1 atom stereocenters. The highest BCUT2D eigenvalue weighted by atomic mass is 19.3. The molecule has 0 saturated carbocycles. The summed E-state index contributed by atoms with van der Waals surface area (Å²) < 4.78 is 30.5. The number of halogens is 2. The van der Waals surface area contributed by atoms with Crippen molar-refractivity contribution in [2.45, 2.75) is 19.6 Å². The van der Waals surface area contributed by atoms with E-state index in [4.69, 9.17) is 0 Å². The van der Waals surface area contributed by atoms with Gasteiger partial charge in [-0.1, -0.05) is 42.5 Å². The highest BCUT2D eigenvalue weighted by Gasteiger charge is 2.18. The van der Waals surface area contributed by atoms with E-state index in [0.29, 0.717) is 11.2 Å². The average Bonchev–Trinajstić information content (AvgIpc) is 3.19. The second kappa shape index (κ2) is 8.28. The number of carbonyl (C=O) groups is 1. The first kappa shape index (κ1) is 19.5. The van der Waals surface area contributed by atoms with Crippen LogP contribution in [0.1, 0.15) is 28.9 Å². The van der Waals surface area contributed by atoms with E-state index < -0.39 is 6.61 Å². The monoisotopic (exact) mass is 408 g/mol. The van der Waals surface area contributed by atoms with E-state index in [9.17, 15) is 13.6 Å². The molecule has 4 aromatic rings. The summed E-state index contributed by atoms with van der Waals surface area (Å²) in [6.45, 7) is -1.08. The summed E-state index contributed by atoms with van der Waals surface area (Å²) in [5, 5.41) is 7.23. The van der Waals surface area contributed by atoms with Crippen molar-refractivity contribution in [1.82, 2.24) is 19.9 Å². The topological polar surface area (TPSA) is 68.5 Å². The highest BCUT2D eigenvalue weighted by molar-refractivity contribution is 6.00. The normalized spacial score (nSPS) is 12.1. The predicted octanol–water partition coefficient (Wildman–Crippen LogP) is 4.49. The van der Waals surface area contributed by atoms with Crippen molar-refractivity contribution < 1.29 is 18.3 Å². The van der Waals surface area contributed by atoms with Gasteiger partial charge in [0.15, 0.2) is 5.65 Å². The second-order valence-corrected chi connectivity index (χ2v) is 6.63. The molecule has 0 aliphatic heterocycles. The van der Waals surface area contributed by atoms with Crippen LogP contribution in [0.3, 0.4) is 0 Å². The van der Waals surface area contributed by atoms with Gasteiger partial charge in [-0.15, -0.1) is 0 Å². The molecular formula is C22H18F2N4O2. The molecule has 0 spiro atoms. The van der Waals surface area contributed by atoms with Crippen LogP contribution in [0.5, 0.6) is 5.75 Å². The minimum atomic E-state index is -2.88. The lowest BCUT2D eigenvalue weighted by Crippen LogP contribution is -2.26. The predicted molar refractivity (Wildman–Crippen MR) is 107 cm³/mol. The van der Waals surface area contributed by atoms with Crippen LogP contribution in [-0.2, 0) is 0 Å². The lowest BCUT2D eigenvalue weighted by atomic mass is 10.1. The first-order valence-electron chi connectivity index (χ1n) is 9.27. The number of fused-ring (bicyclic) bond motifs is 1. The van der Waals surface area contributed by atoms with Crippen LogP contribution in [-0.4, -0.2) is 27.1 Å². The average molecular weight is 408 g/mol. The van der Waals surface area contributed by atoms with Gasteiger partial charge in [-0.2, -0.15) is 13.9 Å². The van der Waals surface area contributed by atoms with Crippen LogP contribution < -0.4 is 10.1 Å². The van der Waals surface area contributed by atoms with Gasteiger partial charge in [-0.05, 0) is 30.7 Å². The molecule has 0 fully saturated rings. The second-order valence-electron chi connectivity index (χ2n) is 6.63. The molecule has 2 aromatic heterocycles. The first-order chi connectivity index (χ1) is 14.5. The van der Waals surface area contributed by atoms with Crippen molar-refractivity contribution in [3.05, 3.63) is 84.2 Å².